The molecule has 0 spiro atoms. The molecule has 0 amide bonds. The average molecular weight is 252 g/mol. The van der Waals surface area contributed by atoms with Crippen molar-refractivity contribution in [2.75, 3.05) is 0 Å². The summed E-state index contributed by atoms with van der Waals surface area (Å²) in [7, 11) is 0. The van der Waals surface area contributed by atoms with E-state index < -0.39 is 0 Å². The smallest absolute Gasteiger partial charge is 0.110 e. The van der Waals surface area contributed by atoms with Crippen LogP contribution in [0, 0.1) is 18.3 Å². The number of hydrogen-bond acceptors (Lipinski definition) is 2. The predicted molar refractivity (Wildman–Crippen MR) is 59.0 cm³/mol. The second kappa shape index (κ2) is 3.13. The fourth-order valence-electron chi connectivity index (χ4n) is 1.28. The van der Waals surface area contributed by atoms with Gasteiger partial charge in [0.25, 0.3) is 0 Å². The first kappa shape index (κ1) is 8.74. The Balaban J connectivity index is 2.86. The van der Waals surface area contributed by atoms with E-state index in [4.69, 9.17) is 5.26 Å². The maximum atomic E-state index is 8.75. The zero-order chi connectivity index (χ0) is 9.42. The summed E-state index contributed by atoms with van der Waals surface area (Å²) >= 11 is 5.01. The van der Waals surface area contributed by atoms with Gasteiger partial charge in [-0.1, -0.05) is 15.9 Å². The van der Waals surface area contributed by atoms with Crippen LogP contribution in [0.5, 0.6) is 0 Å². The summed E-state index contributed by atoms with van der Waals surface area (Å²) in [5, 5.41) is 9.92. The van der Waals surface area contributed by atoms with Crippen LogP contribution in [-0.2, 0) is 0 Å². The molecule has 0 aliphatic heterocycles. The lowest BCUT2D eigenvalue weighted by Gasteiger charge is -1.97. The molecule has 0 bridgehead atoms. The second-order valence-corrected chi connectivity index (χ2v) is 4.74. The SMILES string of the molecule is Cc1c(Br)ccc2sc(C#N)cc12. The maximum Gasteiger partial charge on any atom is 0.110 e. The molecule has 13 heavy (non-hydrogen) atoms. The molecule has 3 heteroatoms. The largest absolute Gasteiger partial charge is 0.192 e. The summed E-state index contributed by atoms with van der Waals surface area (Å²) < 4.78 is 2.28. The lowest BCUT2D eigenvalue weighted by Crippen LogP contribution is -1.74. The molecule has 0 fully saturated rings. The van der Waals surface area contributed by atoms with E-state index in [0.29, 0.717) is 0 Å². The Morgan fingerprint density at radius 3 is 2.92 bits per heavy atom. The number of rotatable bonds is 0. The van der Waals surface area contributed by atoms with Crippen LogP contribution in [0.4, 0.5) is 0 Å². The third-order valence-electron chi connectivity index (χ3n) is 2.01. The van der Waals surface area contributed by atoms with Crippen LogP contribution >= 0.6 is 27.3 Å². The zero-order valence-electron chi connectivity index (χ0n) is 6.97. The Labute approximate surface area is 88.7 Å². The Morgan fingerprint density at radius 1 is 1.46 bits per heavy atom. The molecule has 64 valence electrons. The molecule has 0 radical (unpaired) electrons. The molecule has 0 atom stereocenters. The van der Waals surface area contributed by atoms with E-state index in [2.05, 4.69) is 28.9 Å². The third-order valence-corrected chi connectivity index (χ3v) is 3.88. The number of fused-ring (bicyclic) bond motifs is 1. The molecule has 2 rings (SSSR count). The molecule has 0 aliphatic rings. The van der Waals surface area contributed by atoms with Gasteiger partial charge in [0.15, 0.2) is 0 Å². The molecule has 1 aromatic carbocycles. The molecule has 0 saturated carbocycles. The fourth-order valence-corrected chi connectivity index (χ4v) is 2.54. The van der Waals surface area contributed by atoms with E-state index in [1.165, 1.54) is 27.0 Å². The third kappa shape index (κ3) is 1.37. The zero-order valence-corrected chi connectivity index (χ0v) is 9.37. The minimum Gasteiger partial charge on any atom is -0.192 e. The normalized spacial score (nSPS) is 10.2. The summed E-state index contributed by atoms with van der Waals surface area (Å²) in [6, 6.07) is 8.17. The number of nitrogens with zero attached hydrogens (tertiary/aromatic N) is 1. The number of aryl methyl sites for hydroxylation is 1. The van der Waals surface area contributed by atoms with E-state index >= 15 is 0 Å². The highest BCUT2D eigenvalue weighted by atomic mass is 79.9. The van der Waals surface area contributed by atoms with E-state index in [-0.39, 0.29) is 0 Å². The lowest BCUT2D eigenvalue weighted by molar-refractivity contribution is 1.49. The molecule has 0 saturated heterocycles. The van der Waals surface area contributed by atoms with Gasteiger partial charge in [0.05, 0.1) is 0 Å². The van der Waals surface area contributed by atoms with Gasteiger partial charge in [-0.05, 0) is 36.1 Å². The molecule has 2 aromatic rings. The lowest BCUT2D eigenvalue weighted by atomic mass is 10.1. The highest BCUT2D eigenvalue weighted by Gasteiger charge is 2.05. The highest BCUT2D eigenvalue weighted by molar-refractivity contribution is 9.10. The van der Waals surface area contributed by atoms with Gasteiger partial charge in [-0.3, -0.25) is 0 Å². The van der Waals surface area contributed by atoms with Crippen molar-refractivity contribution in [3.05, 3.63) is 33.1 Å². The molecule has 0 N–H and O–H groups in total. The molecule has 1 heterocycles. The van der Waals surface area contributed by atoms with Gasteiger partial charge < -0.3 is 0 Å². The molecule has 1 nitrogen and oxygen atoms in total. The quantitative estimate of drug-likeness (QED) is 0.698. The summed E-state index contributed by atoms with van der Waals surface area (Å²) in [4.78, 5) is 0.774. The molecule has 1 aromatic heterocycles. The second-order valence-electron chi connectivity index (χ2n) is 2.81. The summed E-state index contributed by atoms with van der Waals surface area (Å²) in [6.45, 7) is 2.06. The van der Waals surface area contributed by atoms with E-state index in [1.54, 1.807) is 0 Å². The van der Waals surface area contributed by atoms with Crippen LogP contribution in [-0.4, -0.2) is 0 Å². The number of halogens is 1. The Bertz CT molecular complexity index is 507. The fraction of sp³-hybridized carbons (Fsp3) is 0.100. The van der Waals surface area contributed by atoms with E-state index in [0.717, 1.165) is 9.35 Å². The van der Waals surface area contributed by atoms with Gasteiger partial charge >= 0.3 is 0 Å². The van der Waals surface area contributed by atoms with Gasteiger partial charge in [0.1, 0.15) is 10.9 Å². The first-order valence-corrected chi connectivity index (χ1v) is 5.42. The van der Waals surface area contributed by atoms with Crippen molar-refractivity contribution in [1.82, 2.24) is 0 Å². The molecular formula is C10H6BrNS. The van der Waals surface area contributed by atoms with Crippen LogP contribution in [0.3, 0.4) is 0 Å². The minimum atomic E-state index is 0.774. The Hall–Kier alpha value is -0.850. The summed E-state index contributed by atoms with van der Waals surface area (Å²) in [5.74, 6) is 0. The maximum absolute atomic E-state index is 8.75. The van der Waals surface area contributed by atoms with E-state index in [1.807, 2.05) is 18.2 Å². The number of hydrogen-bond donors (Lipinski definition) is 0. The van der Waals surface area contributed by atoms with Gasteiger partial charge in [-0.2, -0.15) is 5.26 Å². The Morgan fingerprint density at radius 2 is 2.23 bits per heavy atom. The minimum absolute atomic E-state index is 0.774. The van der Waals surface area contributed by atoms with Gasteiger partial charge in [0, 0.05) is 9.17 Å². The summed E-state index contributed by atoms with van der Waals surface area (Å²) in [5.41, 5.74) is 1.20. The van der Waals surface area contributed by atoms with Crippen LogP contribution in [0.15, 0.2) is 22.7 Å². The van der Waals surface area contributed by atoms with Crippen LogP contribution < -0.4 is 0 Å². The highest BCUT2D eigenvalue weighted by Crippen LogP contribution is 2.31. The van der Waals surface area contributed by atoms with Gasteiger partial charge in [-0.25, -0.2) is 0 Å². The van der Waals surface area contributed by atoms with Crippen molar-refractivity contribution in [3.63, 3.8) is 0 Å². The van der Waals surface area contributed by atoms with Crippen molar-refractivity contribution in [3.8, 4) is 6.07 Å². The average Bonchev–Trinajstić information content (AvgIpc) is 2.55. The monoisotopic (exact) mass is 251 g/mol. The summed E-state index contributed by atoms with van der Waals surface area (Å²) in [6.07, 6.45) is 0. The van der Waals surface area contributed by atoms with Crippen LogP contribution in [0.1, 0.15) is 10.4 Å². The molecular weight excluding hydrogens is 246 g/mol. The first-order chi connectivity index (χ1) is 6.22. The number of thiophene rings is 1. The van der Waals surface area contributed by atoms with Gasteiger partial charge in [-0.15, -0.1) is 11.3 Å². The topological polar surface area (TPSA) is 23.8 Å². The number of nitriles is 1. The van der Waals surface area contributed by atoms with E-state index in [9.17, 15) is 0 Å². The van der Waals surface area contributed by atoms with Crippen molar-refractivity contribution in [2.45, 2.75) is 6.92 Å². The first-order valence-electron chi connectivity index (χ1n) is 3.81. The number of benzene rings is 1. The Kier molecular flexibility index (Phi) is 2.10. The van der Waals surface area contributed by atoms with Crippen LogP contribution in [0.2, 0.25) is 0 Å². The van der Waals surface area contributed by atoms with Gasteiger partial charge in [0.2, 0.25) is 0 Å². The van der Waals surface area contributed by atoms with Crippen molar-refractivity contribution < 1.29 is 0 Å². The standard InChI is InChI=1S/C10H6BrNS/c1-6-8-4-7(5-12)13-10(8)3-2-9(6)11/h2-4H,1H3. The molecule has 0 aliphatic carbocycles. The predicted octanol–water partition coefficient (Wildman–Crippen LogP) is 3.84. The van der Waals surface area contributed by atoms with Crippen molar-refractivity contribution in [2.24, 2.45) is 0 Å². The van der Waals surface area contributed by atoms with Crippen LogP contribution in [0.25, 0.3) is 10.1 Å². The van der Waals surface area contributed by atoms with Crippen molar-refractivity contribution >= 4 is 37.4 Å². The van der Waals surface area contributed by atoms with Crippen molar-refractivity contribution in [1.29, 1.82) is 5.26 Å². The molecule has 0 unspecified atom stereocenters.